The number of nitrogens with zero attached hydrogens (tertiary/aromatic N) is 2. The summed E-state index contributed by atoms with van der Waals surface area (Å²) in [6, 6.07) is 20.6. The molecule has 0 bridgehead atoms. The van der Waals surface area contributed by atoms with Crippen LogP contribution in [-0.2, 0) is 32.6 Å². The summed E-state index contributed by atoms with van der Waals surface area (Å²) in [6.45, 7) is 5.92. The Morgan fingerprint density at radius 3 is 2.24 bits per heavy atom. The molecular formula is C32H39Cl2N3O4S. The third-order valence-electron chi connectivity index (χ3n) is 6.96. The van der Waals surface area contributed by atoms with E-state index in [0.717, 1.165) is 34.5 Å². The molecule has 0 radical (unpaired) electrons. The van der Waals surface area contributed by atoms with Crippen LogP contribution in [0.15, 0.2) is 72.8 Å². The fourth-order valence-electron chi connectivity index (χ4n) is 4.69. The van der Waals surface area contributed by atoms with Crippen molar-refractivity contribution >= 4 is 50.7 Å². The van der Waals surface area contributed by atoms with Gasteiger partial charge in [0.25, 0.3) is 0 Å². The topological polar surface area (TPSA) is 86.8 Å². The van der Waals surface area contributed by atoms with Crippen molar-refractivity contribution in [1.82, 2.24) is 10.2 Å². The normalized spacial score (nSPS) is 12.2. The van der Waals surface area contributed by atoms with Crippen LogP contribution >= 0.6 is 23.2 Å². The van der Waals surface area contributed by atoms with Gasteiger partial charge in [0.05, 0.1) is 11.9 Å². The van der Waals surface area contributed by atoms with Gasteiger partial charge in [0, 0.05) is 29.6 Å². The number of benzene rings is 3. The van der Waals surface area contributed by atoms with Crippen LogP contribution in [0.3, 0.4) is 0 Å². The van der Waals surface area contributed by atoms with Crippen molar-refractivity contribution in [2.45, 2.75) is 58.5 Å². The Morgan fingerprint density at radius 1 is 0.952 bits per heavy atom. The summed E-state index contributed by atoms with van der Waals surface area (Å²) in [5.74, 6) is -0.837. The summed E-state index contributed by atoms with van der Waals surface area (Å²) < 4.78 is 27.4. The van der Waals surface area contributed by atoms with Gasteiger partial charge in [-0.05, 0) is 47.2 Å². The SMILES string of the molecule is CCCCNC(=O)[C@@H](Cc1ccccc1)N(Cc1ccc(Cl)cc1Cl)C(=O)CN(c1ccccc1C(C)C)S(C)(=O)=O. The number of hydrogen-bond donors (Lipinski definition) is 1. The first-order valence-corrected chi connectivity index (χ1v) is 16.6. The number of halogens is 2. The van der Waals surface area contributed by atoms with Gasteiger partial charge in [-0.15, -0.1) is 0 Å². The summed E-state index contributed by atoms with van der Waals surface area (Å²) in [5, 5.41) is 3.75. The molecule has 1 atom stereocenters. The molecule has 226 valence electrons. The number of para-hydroxylation sites is 1. The average molecular weight is 633 g/mol. The van der Waals surface area contributed by atoms with Gasteiger partial charge in [-0.3, -0.25) is 13.9 Å². The molecule has 7 nitrogen and oxygen atoms in total. The minimum absolute atomic E-state index is 0.0136. The Morgan fingerprint density at radius 2 is 1.62 bits per heavy atom. The van der Waals surface area contributed by atoms with Gasteiger partial charge in [0.2, 0.25) is 21.8 Å². The van der Waals surface area contributed by atoms with Crippen LogP contribution < -0.4 is 9.62 Å². The van der Waals surface area contributed by atoms with Crippen LogP contribution in [0.1, 0.15) is 56.2 Å². The molecule has 3 aromatic rings. The number of sulfonamides is 1. The highest BCUT2D eigenvalue weighted by molar-refractivity contribution is 7.92. The molecule has 0 saturated heterocycles. The number of hydrogen-bond acceptors (Lipinski definition) is 4. The van der Waals surface area contributed by atoms with Gasteiger partial charge in [-0.25, -0.2) is 8.42 Å². The Bertz CT molecular complexity index is 1470. The molecule has 0 aromatic heterocycles. The maximum absolute atomic E-state index is 14.3. The largest absolute Gasteiger partial charge is 0.354 e. The van der Waals surface area contributed by atoms with E-state index < -0.39 is 28.5 Å². The third-order valence-corrected chi connectivity index (χ3v) is 8.68. The van der Waals surface area contributed by atoms with Gasteiger partial charge in [-0.2, -0.15) is 0 Å². The van der Waals surface area contributed by atoms with Crippen molar-refractivity contribution in [3.05, 3.63) is 99.5 Å². The lowest BCUT2D eigenvalue weighted by molar-refractivity contribution is -0.140. The highest BCUT2D eigenvalue weighted by Crippen LogP contribution is 2.30. The molecule has 10 heteroatoms. The molecule has 1 N–H and O–H groups in total. The third kappa shape index (κ3) is 9.21. The van der Waals surface area contributed by atoms with Crippen LogP contribution in [0, 0.1) is 0 Å². The van der Waals surface area contributed by atoms with Crippen molar-refractivity contribution in [1.29, 1.82) is 0 Å². The van der Waals surface area contributed by atoms with Crippen molar-refractivity contribution in [2.75, 3.05) is 23.7 Å². The molecule has 0 aliphatic rings. The highest BCUT2D eigenvalue weighted by atomic mass is 35.5. The second-order valence-electron chi connectivity index (χ2n) is 10.6. The van der Waals surface area contributed by atoms with E-state index in [4.69, 9.17) is 23.2 Å². The van der Waals surface area contributed by atoms with Gasteiger partial charge in [-0.1, -0.05) is 105 Å². The summed E-state index contributed by atoms with van der Waals surface area (Å²) in [4.78, 5) is 29.4. The first kappa shape index (κ1) is 33.4. The lowest BCUT2D eigenvalue weighted by Crippen LogP contribution is -2.53. The summed E-state index contributed by atoms with van der Waals surface area (Å²) in [5.41, 5.74) is 2.67. The lowest BCUT2D eigenvalue weighted by atomic mass is 10.0. The van der Waals surface area contributed by atoms with Crippen LogP contribution in [0.4, 0.5) is 5.69 Å². The van der Waals surface area contributed by atoms with Crippen LogP contribution in [0.2, 0.25) is 10.0 Å². The number of unbranched alkanes of at least 4 members (excludes halogenated alkanes) is 1. The van der Waals surface area contributed by atoms with Crippen molar-refractivity contribution in [3.8, 4) is 0 Å². The summed E-state index contributed by atoms with van der Waals surface area (Å²) >= 11 is 12.7. The van der Waals surface area contributed by atoms with Gasteiger partial charge in [0.15, 0.2) is 0 Å². The van der Waals surface area contributed by atoms with E-state index >= 15 is 0 Å². The molecule has 0 saturated carbocycles. The Kier molecular flexibility index (Phi) is 12.3. The first-order valence-electron chi connectivity index (χ1n) is 14.0. The van der Waals surface area contributed by atoms with E-state index in [9.17, 15) is 18.0 Å². The van der Waals surface area contributed by atoms with Gasteiger partial charge < -0.3 is 10.2 Å². The van der Waals surface area contributed by atoms with Crippen molar-refractivity contribution in [3.63, 3.8) is 0 Å². The average Bonchev–Trinajstić information content (AvgIpc) is 2.94. The molecular weight excluding hydrogens is 593 g/mol. The minimum Gasteiger partial charge on any atom is -0.354 e. The van der Waals surface area contributed by atoms with E-state index in [1.165, 1.54) is 4.90 Å². The van der Waals surface area contributed by atoms with Crippen molar-refractivity contribution < 1.29 is 18.0 Å². The molecule has 0 spiro atoms. The molecule has 0 aliphatic carbocycles. The molecule has 3 rings (SSSR count). The second kappa shape index (κ2) is 15.4. The van der Waals surface area contributed by atoms with Crippen LogP contribution in [0.25, 0.3) is 0 Å². The van der Waals surface area contributed by atoms with Crippen LogP contribution in [-0.4, -0.2) is 50.5 Å². The maximum Gasteiger partial charge on any atom is 0.244 e. The quantitative estimate of drug-likeness (QED) is 0.207. The molecule has 42 heavy (non-hydrogen) atoms. The predicted molar refractivity (Wildman–Crippen MR) is 172 cm³/mol. The van der Waals surface area contributed by atoms with Gasteiger partial charge >= 0.3 is 0 Å². The van der Waals surface area contributed by atoms with E-state index in [1.807, 2.05) is 63.2 Å². The molecule has 2 amide bonds. The Balaban J connectivity index is 2.10. The smallest absolute Gasteiger partial charge is 0.244 e. The minimum atomic E-state index is -3.87. The monoisotopic (exact) mass is 631 g/mol. The number of anilines is 1. The predicted octanol–water partition coefficient (Wildman–Crippen LogP) is 6.44. The maximum atomic E-state index is 14.3. The fraction of sp³-hybridized carbons (Fsp3) is 0.375. The molecule has 0 unspecified atom stereocenters. The number of carbonyl (C=O) groups is 2. The number of carbonyl (C=O) groups excluding carboxylic acids is 2. The number of rotatable bonds is 14. The molecule has 0 fully saturated rings. The Labute approximate surface area is 259 Å². The lowest BCUT2D eigenvalue weighted by Gasteiger charge is -2.34. The zero-order chi connectivity index (χ0) is 30.9. The van der Waals surface area contributed by atoms with E-state index in [1.54, 1.807) is 30.3 Å². The molecule has 3 aromatic carbocycles. The zero-order valence-electron chi connectivity index (χ0n) is 24.5. The zero-order valence-corrected chi connectivity index (χ0v) is 26.8. The second-order valence-corrected chi connectivity index (χ2v) is 13.3. The van der Waals surface area contributed by atoms with E-state index in [2.05, 4.69) is 5.32 Å². The van der Waals surface area contributed by atoms with E-state index in [-0.39, 0.29) is 24.8 Å². The van der Waals surface area contributed by atoms with Gasteiger partial charge in [0.1, 0.15) is 12.6 Å². The first-order chi connectivity index (χ1) is 19.9. The molecule has 0 heterocycles. The number of nitrogens with one attached hydrogen (secondary N) is 1. The summed E-state index contributed by atoms with van der Waals surface area (Å²) in [7, 11) is -3.87. The molecule has 0 aliphatic heterocycles. The van der Waals surface area contributed by atoms with Crippen molar-refractivity contribution in [2.24, 2.45) is 0 Å². The standard InChI is InChI=1S/C32H39Cl2N3O4S/c1-5-6-18-35-32(39)30(19-24-12-8-7-9-13-24)36(21-25-16-17-26(33)20-28(25)34)31(38)22-37(42(4,40)41)29-15-11-10-14-27(29)23(2)3/h7-17,20,23,30H,5-6,18-19,21-22H2,1-4H3,(H,35,39)/t30-/m1/s1. The highest BCUT2D eigenvalue weighted by Gasteiger charge is 2.34. The Hall–Kier alpha value is -3.07. The summed E-state index contributed by atoms with van der Waals surface area (Å²) in [6.07, 6.45) is 2.99. The fourth-order valence-corrected chi connectivity index (χ4v) is 6.03. The number of amides is 2. The van der Waals surface area contributed by atoms with Crippen LogP contribution in [0.5, 0.6) is 0 Å². The van der Waals surface area contributed by atoms with E-state index in [0.29, 0.717) is 27.8 Å².